The summed E-state index contributed by atoms with van der Waals surface area (Å²) in [6, 6.07) is 11.6. The Hall–Kier alpha value is -2.23. The fraction of sp³-hybridized carbons (Fsp3) is 0.133. The van der Waals surface area contributed by atoms with E-state index in [-0.39, 0.29) is 12.0 Å². The van der Waals surface area contributed by atoms with Gasteiger partial charge in [0.05, 0.1) is 5.92 Å². The van der Waals surface area contributed by atoms with Crippen LogP contribution in [0.25, 0.3) is 0 Å². The molecule has 2 aromatic carbocycles. The van der Waals surface area contributed by atoms with Crippen LogP contribution in [0.1, 0.15) is 17.0 Å². The van der Waals surface area contributed by atoms with Crippen LogP contribution in [-0.2, 0) is 11.2 Å². The van der Waals surface area contributed by atoms with E-state index >= 15 is 0 Å². The van der Waals surface area contributed by atoms with E-state index in [1.807, 2.05) is 0 Å². The summed E-state index contributed by atoms with van der Waals surface area (Å²) in [5.41, 5.74) is 0.634. The molecule has 0 aromatic heterocycles. The normalized spacial score (nSPS) is 12.1. The summed E-state index contributed by atoms with van der Waals surface area (Å²) in [4.78, 5) is 11.3. The second-order valence-electron chi connectivity index (χ2n) is 4.24. The fourth-order valence-corrected chi connectivity index (χ4v) is 1.95. The van der Waals surface area contributed by atoms with Gasteiger partial charge in [-0.2, -0.15) is 0 Å². The highest BCUT2D eigenvalue weighted by atomic mass is 19.1. The maximum atomic E-state index is 13.5. The molecule has 19 heavy (non-hydrogen) atoms. The van der Waals surface area contributed by atoms with Gasteiger partial charge >= 0.3 is 5.97 Å². The number of hydrogen-bond acceptors (Lipinski definition) is 1. The first-order valence-electron chi connectivity index (χ1n) is 5.79. The topological polar surface area (TPSA) is 37.3 Å². The lowest BCUT2D eigenvalue weighted by atomic mass is 9.92. The molecule has 0 heterocycles. The van der Waals surface area contributed by atoms with E-state index in [4.69, 9.17) is 0 Å². The smallest absolute Gasteiger partial charge is 0.311 e. The standard InChI is InChI=1S/C15H12F2O2/c16-12-6-7-14(17)11(8-12)9-13(15(18)19)10-4-2-1-3-5-10/h1-8,13H,9H2,(H,18,19). The Bertz CT molecular complexity index is 582. The number of aliphatic carboxylic acids is 1. The van der Waals surface area contributed by atoms with Crippen LogP contribution in [0.4, 0.5) is 8.78 Å². The third kappa shape index (κ3) is 3.16. The molecular weight excluding hydrogens is 250 g/mol. The minimum absolute atomic E-state index is 0.0660. The molecule has 0 amide bonds. The molecule has 0 radical (unpaired) electrons. The van der Waals surface area contributed by atoms with Crippen LogP contribution in [0.15, 0.2) is 48.5 Å². The Morgan fingerprint density at radius 3 is 2.42 bits per heavy atom. The van der Waals surface area contributed by atoms with E-state index in [2.05, 4.69) is 0 Å². The quantitative estimate of drug-likeness (QED) is 0.917. The van der Waals surface area contributed by atoms with Gasteiger partial charge in [-0.3, -0.25) is 4.79 Å². The predicted molar refractivity (Wildman–Crippen MR) is 66.9 cm³/mol. The maximum absolute atomic E-state index is 13.5. The van der Waals surface area contributed by atoms with Crippen LogP contribution in [0, 0.1) is 11.6 Å². The van der Waals surface area contributed by atoms with Gasteiger partial charge < -0.3 is 5.11 Å². The lowest BCUT2D eigenvalue weighted by Crippen LogP contribution is -2.15. The lowest BCUT2D eigenvalue weighted by Gasteiger charge is -2.13. The van der Waals surface area contributed by atoms with Crippen molar-refractivity contribution in [3.8, 4) is 0 Å². The van der Waals surface area contributed by atoms with E-state index in [1.165, 1.54) is 0 Å². The molecule has 1 N–H and O–H groups in total. The van der Waals surface area contributed by atoms with Gasteiger partial charge in [-0.25, -0.2) is 8.78 Å². The molecule has 1 atom stereocenters. The molecule has 0 aliphatic rings. The van der Waals surface area contributed by atoms with Crippen molar-refractivity contribution in [1.82, 2.24) is 0 Å². The van der Waals surface area contributed by atoms with Crippen LogP contribution < -0.4 is 0 Å². The molecular formula is C15H12F2O2. The van der Waals surface area contributed by atoms with Crippen LogP contribution in [0.5, 0.6) is 0 Å². The first kappa shape index (κ1) is 13.2. The minimum Gasteiger partial charge on any atom is -0.481 e. The van der Waals surface area contributed by atoms with Crippen molar-refractivity contribution in [3.63, 3.8) is 0 Å². The number of carboxylic acids is 1. The van der Waals surface area contributed by atoms with E-state index in [0.717, 1.165) is 18.2 Å². The first-order chi connectivity index (χ1) is 9.08. The van der Waals surface area contributed by atoms with Crippen LogP contribution >= 0.6 is 0 Å². The van der Waals surface area contributed by atoms with Crippen molar-refractivity contribution in [1.29, 1.82) is 0 Å². The van der Waals surface area contributed by atoms with E-state index in [9.17, 15) is 18.7 Å². The second kappa shape index (κ2) is 5.61. The average Bonchev–Trinajstić information content (AvgIpc) is 2.40. The molecule has 1 unspecified atom stereocenters. The summed E-state index contributed by atoms with van der Waals surface area (Å²) >= 11 is 0. The third-order valence-corrected chi connectivity index (χ3v) is 2.93. The van der Waals surface area contributed by atoms with Crippen molar-refractivity contribution in [2.75, 3.05) is 0 Å². The molecule has 0 aliphatic heterocycles. The number of carboxylic acid groups (broad SMARTS) is 1. The maximum Gasteiger partial charge on any atom is 0.311 e. The third-order valence-electron chi connectivity index (χ3n) is 2.93. The fourth-order valence-electron chi connectivity index (χ4n) is 1.95. The monoisotopic (exact) mass is 262 g/mol. The number of rotatable bonds is 4. The summed E-state index contributed by atoms with van der Waals surface area (Å²) < 4.78 is 26.6. The molecule has 2 rings (SSSR count). The number of halogens is 2. The largest absolute Gasteiger partial charge is 0.481 e. The molecule has 98 valence electrons. The molecule has 0 saturated carbocycles. The van der Waals surface area contributed by atoms with E-state index in [0.29, 0.717) is 5.56 Å². The number of hydrogen-bond donors (Lipinski definition) is 1. The summed E-state index contributed by atoms with van der Waals surface area (Å²) in [5.74, 6) is -3.12. The highest BCUT2D eigenvalue weighted by Crippen LogP contribution is 2.23. The Morgan fingerprint density at radius 1 is 1.11 bits per heavy atom. The van der Waals surface area contributed by atoms with Gasteiger partial charge in [0.1, 0.15) is 11.6 Å². The molecule has 4 heteroatoms. The predicted octanol–water partition coefficient (Wildman–Crippen LogP) is 3.38. The lowest BCUT2D eigenvalue weighted by molar-refractivity contribution is -0.138. The Morgan fingerprint density at radius 2 is 1.79 bits per heavy atom. The molecule has 2 aromatic rings. The zero-order chi connectivity index (χ0) is 13.8. The van der Waals surface area contributed by atoms with Crippen molar-refractivity contribution in [2.45, 2.75) is 12.3 Å². The molecule has 0 fully saturated rings. The molecule has 2 nitrogen and oxygen atoms in total. The molecule has 0 spiro atoms. The number of carbonyl (C=O) groups is 1. The molecule has 0 saturated heterocycles. The zero-order valence-corrected chi connectivity index (χ0v) is 10.0. The van der Waals surface area contributed by atoms with Crippen molar-refractivity contribution in [3.05, 3.63) is 71.3 Å². The van der Waals surface area contributed by atoms with E-state index < -0.39 is 23.5 Å². The van der Waals surface area contributed by atoms with Gasteiger partial charge in [0, 0.05) is 0 Å². The van der Waals surface area contributed by atoms with E-state index in [1.54, 1.807) is 30.3 Å². The van der Waals surface area contributed by atoms with Gasteiger partial charge in [-0.05, 0) is 35.7 Å². The SMILES string of the molecule is O=C(O)C(Cc1cc(F)ccc1F)c1ccccc1. The van der Waals surface area contributed by atoms with Gasteiger partial charge in [0.2, 0.25) is 0 Å². The Kier molecular flexibility index (Phi) is 3.90. The van der Waals surface area contributed by atoms with Crippen molar-refractivity contribution < 1.29 is 18.7 Å². The minimum atomic E-state index is -1.06. The Labute approximate surface area is 109 Å². The summed E-state index contributed by atoms with van der Waals surface area (Å²) in [6.07, 6.45) is -0.0804. The number of benzene rings is 2. The zero-order valence-electron chi connectivity index (χ0n) is 10.0. The average molecular weight is 262 g/mol. The van der Waals surface area contributed by atoms with Crippen LogP contribution in [0.2, 0.25) is 0 Å². The summed E-state index contributed by atoms with van der Waals surface area (Å²) in [7, 11) is 0. The first-order valence-corrected chi connectivity index (χ1v) is 5.79. The highest BCUT2D eigenvalue weighted by Gasteiger charge is 2.21. The van der Waals surface area contributed by atoms with Gasteiger partial charge in [-0.15, -0.1) is 0 Å². The van der Waals surface area contributed by atoms with Gasteiger partial charge in [-0.1, -0.05) is 30.3 Å². The van der Waals surface area contributed by atoms with Crippen LogP contribution in [0.3, 0.4) is 0 Å². The highest BCUT2D eigenvalue weighted by molar-refractivity contribution is 5.76. The van der Waals surface area contributed by atoms with Gasteiger partial charge in [0.15, 0.2) is 0 Å². The van der Waals surface area contributed by atoms with Crippen molar-refractivity contribution >= 4 is 5.97 Å². The summed E-state index contributed by atoms with van der Waals surface area (Å²) in [5, 5.41) is 9.23. The van der Waals surface area contributed by atoms with Crippen LogP contribution in [-0.4, -0.2) is 11.1 Å². The summed E-state index contributed by atoms with van der Waals surface area (Å²) in [6.45, 7) is 0. The van der Waals surface area contributed by atoms with Crippen molar-refractivity contribution in [2.24, 2.45) is 0 Å². The molecule has 0 aliphatic carbocycles. The van der Waals surface area contributed by atoms with Gasteiger partial charge in [0.25, 0.3) is 0 Å². The second-order valence-corrected chi connectivity index (χ2v) is 4.24. The molecule has 0 bridgehead atoms. The Balaban J connectivity index is 2.32.